The zero-order valence-electron chi connectivity index (χ0n) is 13.0. The van der Waals surface area contributed by atoms with E-state index in [1.807, 2.05) is 19.9 Å². The number of hydrogen-bond acceptors (Lipinski definition) is 5. The summed E-state index contributed by atoms with van der Waals surface area (Å²) >= 11 is 0. The lowest BCUT2D eigenvalue weighted by Crippen LogP contribution is -2.32. The summed E-state index contributed by atoms with van der Waals surface area (Å²) in [4.78, 5) is 0.140. The number of hydrogen-bond donors (Lipinski definition) is 2. The molecular weight excluding hydrogens is 292 g/mol. The van der Waals surface area contributed by atoms with E-state index in [4.69, 9.17) is 9.47 Å². The lowest BCUT2D eigenvalue weighted by molar-refractivity contribution is 0.0799. The lowest BCUT2D eigenvalue weighted by Gasteiger charge is -2.15. The zero-order valence-corrected chi connectivity index (χ0v) is 13.8. The van der Waals surface area contributed by atoms with Crippen LogP contribution in [-0.4, -0.2) is 41.8 Å². The van der Waals surface area contributed by atoms with E-state index >= 15 is 0 Å². The topological polar surface area (TPSA) is 76.7 Å². The van der Waals surface area contributed by atoms with Crippen molar-refractivity contribution in [3.8, 4) is 5.75 Å². The molecule has 1 unspecified atom stereocenters. The Kier molecular flexibility index (Phi) is 7.10. The van der Waals surface area contributed by atoms with Gasteiger partial charge in [-0.3, -0.25) is 0 Å². The fourth-order valence-electron chi connectivity index (χ4n) is 1.89. The largest absolute Gasteiger partial charge is 0.495 e. The standard InChI is InChI=1S/C14H24N2O4S/c1-5-20-11(2)9-16-21(17,18)14-8-12(10-15-3)6-7-13(14)19-4/h6-8,11,15-16H,5,9-10H2,1-4H3. The highest BCUT2D eigenvalue weighted by Gasteiger charge is 2.20. The van der Waals surface area contributed by atoms with Gasteiger partial charge in [0.15, 0.2) is 0 Å². The molecule has 0 amide bonds. The van der Waals surface area contributed by atoms with Crippen LogP contribution in [0, 0.1) is 0 Å². The predicted octanol–water partition coefficient (Wildman–Crippen LogP) is 1.12. The van der Waals surface area contributed by atoms with E-state index in [9.17, 15) is 8.42 Å². The Balaban J connectivity index is 2.97. The third kappa shape index (κ3) is 5.28. The van der Waals surface area contributed by atoms with Crippen LogP contribution in [0.1, 0.15) is 19.4 Å². The van der Waals surface area contributed by atoms with Crippen molar-refractivity contribution >= 4 is 10.0 Å². The van der Waals surface area contributed by atoms with E-state index in [1.165, 1.54) is 7.11 Å². The minimum Gasteiger partial charge on any atom is -0.495 e. The van der Waals surface area contributed by atoms with Gasteiger partial charge >= 0.3 is 0 Å². The number of sulfonamides is 1. The Morgan fingerprint density at radius 3 is 2.62 bits per heavy atom. The van der Waals surface area contributed by atoms with Crippen LogP contribution < -0.4 is 14.8 Å². The van der Waals surface area contributed by atoms with Crippen molar-refractivity contribution in [1.29, 1.82) is 0 Å². The molecule has 120 valence electrons. The van der Waals surface area contributed by atoms with Crippen LogP contribution in [0.25, 0.3) is 0 Å². The Morgan fingerprint density at radius 2 is 2.05 bits per heavy atom. The minimum absolute atomic E-state index is 0.140. The summed E-state index contributed by atoms with van der Waals surface area (Å²) in [5, 5.41) is 2.99. The van der Waals surface area contributed by atoms with Crippen LogP contribution in [0.15, 0.2) is 23.1 Å². The molecule has 21 heavy (non-hydrogen) atoms. The van der Waals surface area contributed by atoms with Crippen LogP contribution in [0.3, 0.4) is 0 Å². The van der Waals surface area contributed by atoms with Crippen molar-refractivity contribution in [1.82, 2.24) is 10.0 Å². The van der Waals surface area contributed by atoms with Gasteiger partial charge in [0, 0.05) is 19.7 Å². The van der Waals surface area contributed by atoms with Gasteiger partial charge in [0.05, 0.1) is 13.2 Å². The molecule has 0 aliphatic heterocycles. The number of methoxy groups -OCH3 is 1. The fraction of sp³-hybridized carbons (Fsp3) is 0.571. The monoisotopic (exact) mass is 316 g/mol. The third-order valence-electron chi connectivity index (χ3n) is 2.91. The molecular formula is C14H24N2O4S. The van der Waals surface area contributed by atoms with Crippen molar-refractivity contribution in [3.05, 3.63) is 23.8 Å². The van der Waals surface area contributed by atoms with Gasteiger partial charge in [-0.05, 0) is 38.6 Å². The summed E-state index contributed by atoms with van der Waals surface area (Å²) < 4.78 is 37.8. The lowest BCUT2D eigenvalue weighted by atomic mass is 10.2. The van der Waals surface area contributed by atoms with Crippen LogP contribution in [0.5, 0.6) is 5.75 Å². The molecule has 1 atom stereocenters. The third-order valence-corrected chi connectivity index (χ3v) is 4.36. The maximum Gasteiger partial charge on any atom is 0.244 e. The number of nitrogens with one attached hydrogen (secondary N) is 2. The SMILES string of the molecule is CCOC(C)CNS(=O)(=O)c1cc(CNC)ccc1OC. The molecule has 0 aromatic heterocycles. The maximum absolute atomic E-state index is 12.4. The molecule has 1 aromatic carbocycles. The molecule has 0 radical (unpaired) electrons. The molecule has 0 saturated heterocycles. The van der Waals surface area contributed by atoms with Crippen LogP contribution in [0.4, 0.5) is 0 Å². The first-order valence-corrected chi connectivity index (χ1v) is 8.35. The average molecular weight is 316 g/mol. The molecule has 0 aliphatic carbocycles. The highest BCUT2D eigenvalue weighted by Crippen LogP contribution is 2.24. The molecule has 0 saturated carbocycles. The fourth-order valence-corrected chi connectivity index (χ4v) is 3.23. The first kappa shape index (κ1) is 17.9. The molecule has 0 spiro atoms. The maximum atomic E-state index is 12.4. The van der Waals surface area contributed by atoms with Gasteiger partial charge in [0.1, 0.15) is 10.6 Å². The highest BCUT2D eigenvalue weighted by atomic mass is 32.2. The molecule has 0 fully saturated rings. The second kappa shape index (κ2) is 8.33. The van der Waals surface area contributed by atoms with Crippen molar-refractivity contribution < 1.29 is 17.9 Å². The van der Waals surface area contributed by atoms with Crippen LogP contribution in [0.2, 0.25) is 0 Å². The normalized spacial score (nSPS) is 13.1. The van der Waals surface area contributed by atoms with E-state index < -0.39 is 10.0 Å². The van der Waals surface area contributed by atoms with Crippen molar-refractivity contribution in [3.63, 3.8) is 0 Å². The molecule has 2 N–H and O–H groups in total. The van der Waals surface area contributed by atoms with Gasteiger partial charge in [-0.2, -0.15) is 0 Å². The van der Waals surface area contributed by atoms with Gasteiger partial charge < -0.3 is 14.8 Å². The first-order chi connectivity index (χ1) is 9.94. The molecule has 0 heterocycles. The van der Waals surface area contributed by atoms with Crippen molar-refractivity contribution in [2.45, 2.75) is 31.4 Å². The Bertz CT molecular complexity index is 546. The van der Waals surface area contributed by atoms with E-state index in [-0.39, 0.29) is 17.5 Å². The Labute approximate surface area is 126 Å². The summed E-state index contributed by atoms with van der Waals surface area (Å²) in [6.07, 6.45) is -0.184. The van der Waals surface area contributed by atoms with Gasteiger partial charge in [-0.15, -0.1) is 0 Å². The number of benzene rings is 1. The number of rotatable bonds is 9. The molecule has 1 rings (SSSR count). The summed E-state index contributed by atoms with van der Waals surface area (Å²) in [6.45, 7) is 5.04. The van der Waals surface area contributed by atoms with Crippen LogP contribution in [-0.2, 0) is 21.3 Å². The van der Waals surface area contributed by atoms with E-state index in [2.05, 4.69) is 10.0 Å². The van der Waals surface area contributed by atoms with Gasteiger partial charge in [-0.25, -0.2) is 13.1 Å². The molecule has 7 heteroatoms. The highest BCUT2D eigenvalue weighted by molar-refractivity contribution is 7.89. The second-order valence-electron chi connectivity index (χ2n) is 4.63. The molecule has 1 aromatic rings. The van der Waals surface area contributed by atoms with Crippen molar-refractivity contribution in [2.24, 2.45) is 0 Å². The summed E-state index contributed by atoms with van der Waals surface area (Å²) in [7, 11) is -0.381. The smallest absolute Gasteiger partial charge is 0.244 e. The summed E-state index contributed by atoms with van der Waals surface area (Å²) in [6, 6.07) is 5.10. The molecule has 6 nitrogen and oxygen atoms in total. The molecule has 0 bridgehead atoms. The second-order valence-corrected chi connectivity index (χ2v) is 6.37. The van der Waals surface area contributed by atoms with E-state index in [0.29, 0.717) is 18.9 Å². The zero-order chi connectivity index (χ0) is 15.9. The van der Waals surface area contributed by atoms with E-state index in [0.717, 1.165) is 5.56 Å². The first-order valence-electron chi connectivity index (χ1n) is 6.87. The van der Waals surface area contributed by atoms with Gasteiger partial charge in [-0.1, -0.05) is 6.07 Å². The quantitative estimate of drug-likeness (QED) is 0.714. The number of ether oxygens (including phenoxy) is 2. The molecule has 0 aliphatic rings. The Hall–Kier alpha value is -1.15. The predicted molar refractivity (Wildman–Crippen MR) is 82.0 cm³/mol. The van der Waals surface area contributed by atoms with E-state index in [1.54, 1.807) is 19.2 Å². The van der Waals surface area contributed by atoms with Crippen molar-refractivity contribution in [2.75, 3.05) is 27.3 Å². The van der Waals surface area contributed by atoms with Gasteiger partial charge in [0.25, 0.3) is 0 Å². The minimum atomic E-state index is -3.64. The average Bonchev–Trinajstić information content (AvgIpc) is 2.46. The van der Waals surface area contributed by atoms with Crippen LogP contribution >= 0.6 is 0 Å². The summed E-state index contributed by atoms with van der Waals surface area (Å²) in [5.74, 6) is 0.325. The Morgan fingerprint density at radius 1 is 1.33 bits per heavy atom. The summed E-state index contributed by atoms with van der Waals surface area (Å²) in [5.41, 5.74) is 0.872. The van der Waals surface area contributed by atoms with Gasteiger partial charge in [0.2, 0.25) is 10.0 Å².